The van der Waals surface area contributed by atoms with Gasteiger partial charge in [-0.05, 0) is 43.9 Å². The van der Waals surface area contributed by atoms with Gasteiger partial charge in [0.25, 0.3) is 5.91 Å². The van der Waals surface area contributed by atoms with Crippen LogP contribution in [0.15, 0.2) is 46.9 Å². The van der Waals surface area contributed by atoms with Crippen LogP contribution in [0.5, 0.6) is 0 Å². The summed E-state index contributed by atoms with van der Waals surface area (Å²) in [4.78, 5) is 12.2. The molecule has 1 heterocycles. The molecular weight excluding hydrogens is 238 g/mol. The molecule has 0 spiro atoms. The van der Waals surface area contributed by atoms with E-state index in [4.69, 9.17) is 4.42 Å². The molecule has 0 aliphatic heterocycles. The first-order chi connectivity index (χ1) is 9.20. The van der Waals surface area contributed by atoms with Crippen molar-refractivity contribution in [2.24, 2.45) is 0 Å². The van der Waals surface area contributed by atoms with Crippen LogP contribution < -0.4 is 5.32 Å². The minimum Gasteiger partial charge on any atom is -0.456 e. The summed E-state index contributed by atoms with van der Waals surface area (Å²) in [5.74, 6) is 1.02. The molecule has 3 heteroatoms. The number of rotatable bonds is 3. The van der Waals surface area contributed by atoms with E-state index in [0.29, 0.717) is 5.76 Å². The van der Waals surface area contributed by atoms with E-state index in [9.17, 15) is 4.79 Å². The molecule has 1 aromatic carbocycles. The summed E-state index contributed by atoms with van der Waals surface area (Å²) >= 11 is 0. The van der Waals surface area contributed by atoms with Gasteiger partial charge in [0.1, 0.15) is 5.76 Å². The van der Waals surface area contributed by atoms with Gasteiger partial charge in [-0.25, -0.2) is 0 Å². The maximum atomic E-state index is 12.2. The van der Waals surface area contributed by atoms with Crippen molar-refractivity contribution in [1.82, 2.24) is 5.32 Å². The van der Waals surface area contributed by atoms with E-state index >= 15 is 0 Å². The quantitative estimate of drug-likeness (QED) is 0.913. The third-order valence-corrected chi connectivity index (χ3v) is 3.85. The Labute approximate surface area is 112 Å². The van der Waals surface area contributed by atoms with Crippen LogP contribution >= 0.6 is 0 Å². The van der Waals surface area contributed by atoms with Crippen LogP contribution in [0.1, 0.15) is 41.1 Å². The van der Waals surface area contributed by atoms with Crippen molar-refractivity contribution in [3.05, 3.63) is 59.5 Å². The van der Waals surface area contributed by atoms with Crippen molar-refractivity contribution >= 4 is 5.91 Å². The summed E-state index contributed by atoms with van der Waals surface area (Å²) < 4.78 is 5.38. The highest BCUT2D eigenvalue weighted by atomic mass is 16.3. The first kappa shape index (κ1) is 12.0. The summed E-state index contributed by atoms with van der Waals surface area (Å²) in [7, 11) is 0. The molecule has 1 fully saturated rings. The lowest BCUT2D eigenvalue weighted by atomic mass is 9.71. The molecule has 0 saturated heterocycles. The summed E-state index contributed by atoms with van der Waals surface area (Å²) in [6.45, 7) is 1.84. The molecule has 1 saturated carbocycles. The van der Waals surface area contributed by atoms with Crippen LogP contribution in [0.3, 0.4) is 0 Å². The molecule has 1 aliphatic carbocycles. The molecule has 3 rings (SSSR count). The average Bonchev–Trinajstić information content (AvgIpc) is 2.81. The molecule has 98 valence electrons. The number of amides is 1. The van der Waals surface area contributed by atoms with E-state index in [2.05, 4.69) is 17.4 Å². The van der Waals surface area contributed by atoms with Gasteiger partial charge in [0.05, 0.1) is 5.54 Å². The van der Waals surface area contributed by atoms with Gasteiger partial charge < -0.3 is 9.73 Å². The zero-order valence-electron chi connectivity index (χ0n) is 11.0. The Hall–Kier alpha value is -2.03. The van der Waals surface area contributed by atoms with Gasteiger partial charge in [0.15, 0.2) is 5.76 Å². The Morgan fingerprint density at radius 2 is 1.89 bits per heavy atom. The second-order valence-corrected chi connectivity index (χ2v) is 5.17. The Morgan fingerprint density at radius 1 is 1.16 bits per heavy atom. The lowest BCUT2D eigenvalue weighted by molar-refractivity contribution is 0.0793. The van der Waals surface area contributed by atoms with Crippen molar-refractivity contribution < 1.29 is 9.21 Å². The minimum atomic E-state index is -0.209. The summed E-state index contributed by atoms with van der Waals surface area (Å²) in [6, 6.07) is 13.7. The third-order valence-electron chi connectivity index (χ3n) is 3.85. The van der Waals surface area contributed by atoms with Gasteiger partial charge in [-0.2, -0.15) is 0 Å². The van der Waals surface area contributed by atoms with E-state index in [1.807, 2.05) is 31.2 Å². The summed E-state index contributed by atoms with van der Waals surface area (Å²) in [5, 5.41) is 3.14. The van der Waals surface area contributed by atoms with E-state index in [1.54, 1.807) is 6.07 Å². The molecule has 0 atom stereocenters. The molecule has 3 nitrogen and oxygen atoms in total. The molecule has 0 bridgehead atoms. The monoisotopic (exact) mass is 255 g/mol. The van der Waals surface area contributed by atoms with Gasteiger partial charge in [0, 0.05) is 0 Å². The third kappa shape index (κ3) is 2.16. The van der Waals surface area contributed by atoms with Gasteiger partial charge in [-0.15, -0.1) is 0 Å². The molecule has 0 radical (unpaired) electrons. The van der Waals surface area contributed by atoms with Crippen molar-refractivity contribution in [3.63, 3.8) is 0 Å². The molecule has 1 aliphatic rings. The zero-order valence-corrected chi connectivity index (χ0v) is 11.0. The normalized spacial score (nSPS) is 16.7. The number of nitrogens with one attached hydrogen (secondary N) is 1. The van der Waals surface area contributed by atoms with Crippen LogP contribution in [-0.4, -0.2) is 5.91 Å². The Kier molecular flexibility index (Phi) is 2.90. The Morgan fingerprint density at radius 3 is 2.42 bits per heavy atom. The molecule has 2 aromatic rings. The van der Waals surface area contributed by atoms with E-state index in [1.165, 1.54) is 5.56 Å². The number of hydrogen-bond acceptors (Lipinski definition) is 2. The van der Waals surface area contributed by atoms with Crippen LogP contribution in [0, 0.1) is 6.92 Å². The van der Waals surface area contributed by atoms with Crippen molar-refractivity contribution in [2.45, 2.75) is 31.7 Å². The predicted octanol–water partition coefficient (Wildman–Crippen LogP) is 3.40. The minimum absolute atomic E-state index is 0.128. The second kappa shape index (κ2) is 4.57. The maximum Gasteiger partial charge on any atom is 0.287 e. The summed E-state index contributed by atoms with van der Waals surface area (Å²) in [6.07, 6.45) is 3.12. The van der Waals surface area contributed by atoms with Gasteiger partial charge in [-0.3, -0.25) is 4.79 Å². The lowest BCUT2D eigenvalue weighted by Gasteiger charge is -2.42. The van der Waals surface area contributed by atoms with Crippen molar-refractivity contribution in [2.75, 3.05) is 0 Å². The van der Waals surface area contributed by atoms with Crippen LogP contribution in [0.4, 0.5) is 0 Å². The fourth-order valence-corrected chi connectivity index (χ4v) is 2.61. The van der Waals surface area contributed by atoms with E-state index < -0.39 is 0 Å². The highest BCUT2D eigenvalue weighted by molar-refractivity contribution is 5.92. The smallest absolute Gasteiger partial charge is 0.287 e. The number of aryl methyl sites for hydroxylation is 1. The maximum absolute atomic E-state index is 12.2. The topological polar surface area (TPSA) is 42.2 Å². The lowest BCUT2D eigenvalue weighted by Crippen LogP contribution is -2.50. The zero-order chi connectivity index (χ0) is 13.3. The van der Waals surface area contributed by atoms with Crippen LogP contribution in [-0.2, 0) is 5.54 Å². The van der Waals surface area contributed by atoms with Gasteiger partial charge >= 0.3 is 0 Å². The van der Waals surface area contributed by atoms with E-state index in [0.717, 1.165) is 25.0 Å². The molecular formula is C16H17NO2. The SMILES string of the molecule is Cc1ccc(C(=O)NC2(c3ccccc3)CCC2)o1. The second-order valence-electron chi connectivity index (χ2n) is 5.17. The molecule has 19 heavy (non-hydrogen) atoms. The highest BCUT2D eigenvalue weighted by Gasteiger charge is 2.40. The number of furan rings is 1. The first-order valence-corrected chi connectivity index (χ1v) is 6.64. The number of hydrogen-bond donors (Lipinski definition) is 1. The highest BCUT2D eigenvalue weighted by Crippen LogP contribution is 2.41. The fraction of sp³-hybridized carbons (Fsp3) is 0.312. The number of carbonyl (C=O) groups is 1. The number of carbonyl (C=O) groups excluding carboxylic acids is 1. The van der Waals surface area contributed by atoms with Gasteiger partial charge in [-0.1, -0.05) is 30.3 Å². The molecule has 1 amide bonds. The Bertz CT molecular complexity index is 582. The van der Waals surface area contributed by atoms with E-state index in [-0.39, 0.29) is 11.4 Å². The van der Waals surface area contributed by atoms with Crippen LogP contribution in [0.2, 0.25) is 0 Å². The fourth-order valence-electron chi connectivity index (χ4n) is 2.61. The van der Waals surface area contributed by atoms with Gasteiger partial charge in [0.2, 0.25) is 0 Å². The summed E-state index contributed by atoms with van der Waals surface area (Å²) in [5.41, 5.74) is 0.969. The first-order valence-electron chi connectivity index (χ1n) is 6.64. The van der Waals surface area contributed by atoms with Crippen molar-refractivity contribution in [1.29, 1.82) is 0 Å². The van der Waals surface area contributed by atoms with Crippen molar-refractivity contribution in [3.8, 4) is 0 Å². The molecule has 1 aromatic heterocycles. The average molecular weight is 255 g/mol. The standard InChI is InChI=1S/C16H17NO2/c1-12-8-9-14(19-12)15(18)17-16(10-5-11-16)13-6-3-2-4-7-13/h2-4,6-9H,5,10-11H2,1H3,(H,17,18). The number of benzene rings is 1. The molecule has 1 N–H and O–H groups in total. The largest absolute Gasteiger partial charge is 0.456 e. The Balaban J connectivity index is 1.82. The molecule has 0 unspecified atom stereocenters. The predicted molar refractivity (Wildman–Crippen MR) is 72.9 cm³/mol. The van der Waals surface area contributed by atoms with Crippen LogP contribution in [0.25, 0.3) is 0 Å².